The molecule has 2 heterocycles. The van der Waals surface area contributed by atoms with Crippen LogP contribution in [0.5, 0.6) is 5.75 Å². The van der Waals surface area contributed by atoms with Crippen molar-refractivity contribution in [1.29, 1.82) is 0 Å². The van der Waals surface area contributed by atoms with Crippen molar-refractivity contribution >= 4 is 29.9 Å². The first-order chi connectivity index (χ1) is 9.74. The Labute approximate surface area is 142 Å². The van der Waals surface area contributed by atoms with E-state index in [1.54, 1.807) is 0 Å². The van der Waals surface area contributed by atoms with Gasteiger partial charge in [-0.05, 0) is 13.0 Å². The smallest absolute Gasteiger partial charge is 0.191 e. The minimum absolute atomic E-state index is 0. The molecule has 2 aliphatic heterocycles. The maximum Gasteiger partial charge on any atom is 0.191 e. The molecular weight excluding hydrogens is 381 g/mol. The van der Waals surface area contributed by atoms with E-state index in [1.807, 2.05) is 18.2 Å². The number of hydrogen-bond acceptors (Lipinski definition) is 3. The quantitative estimate of drug-likeness (QED) is 0.465. The van der Waals surface area contributed by atoms with Crippen molar-refractivity contribution in [2.75, 3.05) is 32.8 Å². The van der Waals surface area contributed by atoms with Gasteiger partial charge in [0.25, 0.3) is 0 Å². The predicted molar refractivity (Wildman–Crippen MR) is 93.6 cm³/mol. The van der Waals surface area contributed by atoms with E-state index in [1.165, 1.54) is 5.56 Å². The van der Waals surface area contributed by atoms with Gasteiger partial charge in [-0.2, -0.15) is 0 Å². The Morgan fingerprint density at radius 2 is 2.24 bits per heavy atom. The highest BCUT2D eigenvalue weighted by molar-refractivity contribution is 14.0. The summed E-state index contributed by atoms with van der Waals surface area (Å²) in [6.45, 7) is 5.77. The third-order valence-electron chi connectivity index (χ3n) is 3.84. The largest absolute Gasteiger partial charge is 0.493 e. The minimum atomic E-state index is 0. The van der Waals surface area contributed by atoms with Crippen molar-refractivity contribution < 1.29 is 9.47 Å². The van der Waals surface area contributed by atoms with Crippen molar-refractivity contribution in [2.24, 2.45) is 10.7 Å². The average Bonchev–Trinajstić information content (AvgIpc) is 2.88. The molecule has 0 spiro atoms. The SMILES string of the molecule is CC1CN(C(N)=NCC2COc3ccccc32)CCO1.I. The fourth-order valence-corrected chi connectivity index (χ4v) is 2.71. The zero-order chi connectivity index (χ0) is 13.9. The van der Waals surface area contributed by atoms with E-state index in [4.69, 9.17) is 15.2 Å². The van der Waals surface area contributed by atoms with Crippen LogP contribution in [0, 0.1) is 0 Å². The normalized spacial score (nSPS) is 25.0. The molecule has 1 fully saturated rings. The molecule has 0 radical (unpaired) electrons. The lowest BCUT2D eigenvalue weighted by Gasteiger charge is -2.31. The Hall–Kier alpha value is -1.02. The molecule has 2 unspecified atom stereocenters. The van der Waals surface area contributed by atoms with Crippen LogP contribution >= 0.6 is 24.0 Å². The summed E-state index contributed by atoms with van der Waals surface area (Å²) in [5.41, 5.74) is 7.32. The van der Waals surface area contributed by atoms with Gasteiger partial charge in [-0.3, -0.25) is 4.99 Å². The van der Waals surface area contributed by atoms with E-state index in [9.17, 15) is 0 Å². The molecule has 2 aliphatic rings. The lowest BCUT2D eigenvalue weighted by Crippen LogP contribution is -2.48. The van der Waals surface area contributed by atoms with Gasteiger partial charge >= 0.3 is 0 Å². The molecule has 0 aromatic heterocycles. The van der Waals surface area contributed by atoms with E-state index in [0.29, 0.717) is 31.6 Å². The molecule has 2 N–H and O–H groups in total. The zero-order valence-electron chi connectivity index (χ0n) is 12.2. The predicted octanol–water partition coefficient (Wildman–Crippen LogP) is 1.82. The molecule has 0 aliphatic carbocycles. The van der Waals surface area contributed by atoms with E-state index in [0.717, 1.165) is 18.8 Å². The Morgan fingerprint density at radius 1 is 1.43 bits per heavy atom. The molecule has 3 rings (SSSR count). The molecule has 0 bridgehead atoms. The Bertz CT molecular complexity index is 509. The van der Waals surface area contributed by atoms with Crippen molar-refractivity contribution in [3.63, 3.8) is 0 Å². The highest BCUT2D eigenvalue weighted by atomic mass is 127. The van der Waals surface area contributed by atoms with Crippen molar-refractivity contribution in [3.05, 3.63) is 29.8 Å². The van der Waals surface area contributed by atoms with Gasteiger partial charge in [0.2, 0.25) is 0 Å². The van der Waals surface area contributed by atoms with Crippen molar-refractivity contribution in [2.45, 2.75) is 18.9 Å². The molecule has 21 heavy (non-hydrogen) atoms. The molecule has 2 atom stereocenters. The number of ether oxygens (including phenoxy) is 2. The standard InChI is InChI=1S/C15H21N3O2.HI/c1-11-9-18(6-7-19-11)15(16)17-8-12-10-20-14-5-3-2-4-13(12)14;/h2-5,11-12H,6-10H2,1H3,(H2,16,17);1H. The monoisotopic (exact) mass is 403 g/mol. The maximum absolute atomic E-state index is 6.09. The average molecular weight is 403 g/mol. The Balaban J connectivity index is 0.00000161. The first-order valence-corrected chi connectivity index (χ1v) is 7.12. The first kappa shape index (κ1) is 16.4. The number of halogens is 1. The number of nitrogens with two attached hydrogens (primary N) is 1. The number of morpholine rings is 1. The van der Waals surface area contributed by atoms with Crippen LogP contribution in [0.3, 0.4) is 0 Å². The summed E-state index contributed by atoms with van der Waals surface area (Å²) in [5.74, 6) is 1.90. The molecule has 5 nitrogen and oxygen atoms in total. The van der Waals surface area contributed by atoms with E-state index in [2.05, 4.69) is 22.9 Å². The number of para-hydroxylation sites is 1. The maximum atomic E-state index is 6.09. The highest BCUT2D eigenvalue weighted by Gasteiger charge is 2.24. The topological polar surface area (TPSA) is 60.1 Å². The van der Waals surface area contributed by atoms with Gasteiger partial charge < -0.3 is 20.1 Å². The zero-order valence-corrected chi connectivity index (χ0v) is 14.5. The van der Waals surface area contributed by atoms with Crippen LogP contribution in [0.25, 0.3) is 0 Å². The summed E-state index contributed by atoms with van der Waals surface area (Å²) in [5, 5.41) is 0. The number of nitrogens with zero attached hydrogens (tertiary/aromatic N) is 2. The summed E-state index contributed by atoms with van der Waals surface area (Å²) in [7, 11) is 0. The molecule has 1 aromatic rings. The molecule has 116 valence electrons. The van der Waals surface area contributed by atoms with Gasteiger partial charge in [0.1, 0.15) is 5.75 Å². The number of benzene rings is 1. The van der Waals surface area contributed by atoms with Gasteiger partial charge in [0.05, 0.1) is 25.9 Å². The van der Waals surface area contributed by atoms with Crippen LogP contribution in [0.1, 0.15) is 18.4 Å². The van der Waals surface area contributed by atoms with Crippen LogP contribution in [-0.4, -0.2) is 49.8 Å². The fourth-order valence-electron chi connectivity index (χ4n) is 2.71. The third kappa shape index (κ3) is 3.79. The number of hydrogen-bond donors (Lipinski definition) is 1. The molecule has 6 heteroatoms. The lowest BCUT2D eigenvalue weighted by molar-refractivity contribution is 0.00529. The Morgan fingerprint density at radius 3 is 3.05 bits per heavy atom. The van der Waals surface area contributed by atoms with Crippen LogP contribution < -0.4 is 10.5 Å². The van der Waals surface area contributed by atoms with Crippen LogP contribution in [0.4, 0.5) is 0 Å². The number of rotatable bonds is 2. The van der Waals surface area contributed by atoms with Gasteiger partial charge in [-0.15, -0.1) is 24.0 Å². The summed E-state index contributed by atoms with van der Waals surface area (Å²) >= 11 is 0. The summed E-state index contributed by atoms with van der Waals surface area (Å²) in [4.78, 5) is 6.64. The van der Waals surface area contributed by atoms with Crippen LogP contribution in [0.2, 0.25) is 0 Å². The van der Waals surface area contributed by atoms with Gasteiger partial charge in [0.15, 0.2) is 5.96 Å². The molecular formula is C15H22IN3O2. The van der Waals surface area contributed by atoms with Gasteiger partial charge in [-0.1, -0.05) is 18.2 Å². The van der Waals surface area contributed by atoms with Crippen LogP contribution in [0.15, 0.2) is 29.3 Å². The fraction of sp³-hybridized carbons (Fsp3) is 0.533. The summed E-state index contributed by atoms with van der Waals surface area (Å²) in [6, 6.07) is 8.15. The van der Waals surface area contributed by atoms with Crippen LogP contribution in [-0.2, 0) is 4.74 Å². The van der Waals surface area contributed by atoms with E-state index < -0.39 is 0 Å². The van der Waals surface area contributed by atoms with E-state index in [-0.39, 0.29) is 30.1 Å². The molecule has 1 saturated heterocycles. The highest BCUT2D eigenvalue weighted by Crippen LogP contribution is 2.33. The second kappa shape index (κ2) is 7.31. The second-order valence-electron chi connectivity index (χ2n) is 5.37. The molecule has 0 amide bonds. The van der Waals surface area contributed by atoms with Gasteiger partial charge in [-0.25, -0.2) is 0 Å². The number of fused-ring (bicyclic) bond motifs is 1. The lowest BCUT2D eigenvalue weighted by atomic mass is 10.0. The second-order valence-corrected chi connectivity index (χ2v) is 5.37. The minimum Gasteiger partial charge on any atom is -0.493 e. The molecule has 1 aromatic carbocycles. The van der Waals surface area contributed by atoms with Crippen molar-refractivity contribution in [3.8, 4) is 5.75 Å². The third-order valence-corrected chi connectivity index (χ3v) is 3.84. The summed E-state index contributed by atoms with van der Waals surface area (Å²) < 4.78 is 11.2. The first-order valence-electron chi connectivity index (χ1n) is 7.12. The summed E-state index contributed by atoms with van der Waals surface area (Å²) in [6.07, 6.45) is 0.216. The van der Waals surface area contributed by atoms with Crippen molar-refractivity contribution in [1.82, 2.24) is 4.90 Å². The van der Waals surface area contributed by atoms with E-state index >= 15 is 0 Å². The number of aliphatic imine (C=N–C) groups is 1. The molecule has 0 saturated carbocycles. The Kier molecular flexibility index (Phi) is 5.69. The van der Waals surface area contributed by atoms with Gasteiger partial charge in [0, 0.05) is 24.6 Å². The number of guanidine groups is 1.